The van der Waals surface area contributed by atoms with Gasteiger partial charge in [0.1, 0.15) is 23.8 Å². The molecular weight excluding hydrogens is 374 g/mol. The van der Waals surface area contributed by atoms with Gasteiger partial charge in [-0.2, -0.15) is 0 Å². The first-order valence-corrected chi connectivity index (χ1v) is 9.45. The number of benzene rings is 1. The average Bonchev–Trinajstić information content (AvgIpc) is 3.15. The van der Waals surface area contributed by atoms with E-state index in [2.05, 4.69) is 4.98 Å². The summed E-state index contributed by atoms with van der Waals surface area (Å²) in [6.07, 6.45) is 4.69. The van der Waals surface area contributed by atoms with Crippen LogP contribution in [0.4, 0.5) is 8.78 Å². The highest BCUT2D eigenvalue weighted by Gasteiger charge is 2.20. The number of rotatable bonds is 8. The van der Waals surface area contributed by atoms with Crippen molar-refractivity contribution >= 4 is 23.1 Å². The summed E-state index contributed by atoms with van der Waals surface area (Å²) in [7, 11) is 0. The third kappa shape index (κ3) is 4.18. The quantitative estimate of drug-likeness (QED) is 0.363. The first-order chi connectivity index (χ1) is 13.0. The number of aliphatic hydroxyl groups is 1. The molecule has 1 N–H and O–H groups in total. The summed E-state index contributed by atoms with van der Waals surface area (Å²) in [6.45, 7) is -0.523. The van der Waals surface area contributed by atoms with Crippen molar-refractivity contribution in [2.24, 2.45) is 0 Å². The second-order valence-electron chi connectivity index (χ2n) is 5.84. The molecule has 2 aromatic heterocycles. The van der Waals surface area contributed by atoms with Crippen LogP contribution in [0.15, 0.2) is 41.7 Å². The lowest BCUT2D eigenvalue weighted by Crippen LogP contribution is -2.16. The zero-order valence-electron chi connectivity index (χ0n) is 14.6. The van der Waals surface area contributed by atoms with Crippen molar-refractivity contribution < 1.29 is 23.4 Å². The second-order valence-corrected chi connectivity index (χ2v) is 6.71. The Hall–Kier alpha value is -2.29. The number of aliphatic hydroxyl groups excluding tert-OH is 1. The van der Waals surface area contributed by atoms with Crippen LogP contribution in [0.5, 0.6) is 0 Å². The molecule has 0 saturated carbocycles. The van der Waals surface area contributed by atoms with Crippen molar-refractivity contribution in [3.63, 3.8) is 0 Å². The molecule has 27 heavy (non-hydrogen) atoms. The van der Waals surface area contributed by atoms with Crippen molar-refractivity contribution in [1.82, 2.24) is 9.38 Å². The summed E-state index contributed by atoms with van der Waals surface area (Å²) in [5.74, 6) is -1.44. The zero-order chi connectivity index (χ0) is 19.4. The topological polar surface area (TPSA) is 63.8 Å². The number of ketones is 1. The number of fused-ring (bicyclic) bond motifs is 1. The van der Waals surface area contributed by atoms with Gasteiger partial charge in [0.05, 0.1) is 25.7 Å². The van der Waals surface area contributed by atoms with E-state index in [4.69, 9.17) is 9.84 Å². The summed E-state index contributed by atoms with van der Waals surface area (Å²) in [4.78, 5) is 17.3. The van der Waals surface area contributed by atoms with Crippen molar-refractivity contribution in [1.29, 1.82) is 0 Å². The fourth-order valence-electron chi connectivity index (χ4n) is 2.81. The van der Waals surface area contributed by atoms with E-state index in [1.165, 1.54) is 34.8 Å². The predicted molar refractivity (Wildman–Crippen MR) is 98.4 cm³/mol. The predicted octanol–water partition coefficient (Wildman–Crippen LogP) is 3.12. The van der Waals surface area contributed by atoms with Crippen LogP contribution in [0.2, 0.25) is 0 Å². The molecule has 0 aliphatic rings. The summed E-state index contributed by atoms with van der Waals surface area (Å²) in [5.41, 5.74) is 1.13. The van der Waals surface area contributed by atoms with Crippen LogP contribution >= 0.6 is 11.8 Å². The first kappa shape index (κ1) is 19.5. The fourth-order valence-corrected chi connectivity index (χ4v) is 3.23. The molecule has 0 saturated heterocycles. The van der Waals surface area contributed by atoms with E-state index in [-0.39, 0.29) is 37.3 Å². The Bertz CT molecular complexity index is 975. The Kier molecular flexibility index (Phi) is 6.20. The number of halogens is 2. The number of nitrogens with zero attached hydrogens (tertiary/aromatic N) is 2. The van der Waals surface area contributed by atoms with Gasteiger partial charge in [-0.25, -0.2) is 13.8 Å². The number of ether oxygens (including phenoxy) is 1. The van der Waals surface area contributed by atoms with Gasteiger partial charge in [-0.05, 0) is 30.0 Å². The van der Waals surface area contributed by atoms with Crippen LogP contribution in [-0.2, 0) is 11.2 Å². The number of Topliss-reactive ketones (excluding diaryl/α,β-unsaturated/α-hetero) is 1. The van der Waals surface area contributed by atoms with Crippen molar-refractivity contribution in [3.8, 4) is 0 Å². The van der Waals surface area contributed by atoms with Gasteiger partial charge in [-0.15, -0.1) is 11.8 Å². The number of hydrogen-bond donors (Lipinski definition) is 1. The number of pyridine rings is 1. The van der Waals surface area contributed by atoms with Gasteiger partial charge in [-0.1, -0.05) is 6.07 Å². The SMILES string of the molecule is CSc1ccc(Cc2c(C(=O)COCCO)cc(F)c3cncn23)c(F)c1. The fraction of sp³-hybridized carbons (Fsp3) is 0.263. The molecule has 0 bridgehead atoms. The molecule has 142 valence electrons. The van der Waals surface area contributed by atoms with E-state index >= 15 is 0 Å². The van der Waals surface area contributed by atoms with Gasteiger partial charge in [0.2, 0.25) is 0 Å². The number of aromatic nitrogens is 2. The molecule has 0 atom stereocenters. The van der Waals surface area contributed by atoms with Crippen LogP contribution in [0.25, 0.3) is 5.52 Å². The maximum Gasteiger partial charge on any atom is 0.190 e. The summed E-state index contributed by atoms with van der Waals surface area (Å²) in [6, 6.07) is 6.01. The van der Waals surface area contributed by atoms with E-state index in [9.17, 15) is 13.6 Å². The Morgan fingerprint density at radius 1 is 1.30 bits per heavy atom. The number of hydrogen-bond acceptors (Lipinski definition) is 5. The highest BCUT2D eigenvalue weighted by molar-refractivity contribution is 7.98. The summed E-state index contributed by atoms with van der Waals surface area (Å²) < 4.78 is 35.3. The number of carbonyl (C=O) groups excluding carboxylic acids is 1. The minimum absolute atomic E-state index is 0.00164. The zero-order valence-corrected chi connectivity index (χ0v) is 15.4. The highest BCUT2D eigenvalue weighted by Crippen LogP contribution is 2.24. The summed E-state index contributed by atoms with van der Waals surface area (Å²) >= 11 is 1.43. The Morgan fingerprint density at radius 3 is 2.81 bits per heavy atom. The molecule has 0 amide bonds. The van der Waals surface area contributed by atoms with Gasteiger partial charge in [0.15, 0.2) is 5.78 Å². The van der Waals surface area contributed by atoms with Crippen molar-refractivity contribution in [2.75, 3.05) is 26.1 Å². The highest BCUT2D eigenvalue weighted by atomic mass is 32.2. The van der Waals surface area contributed by atoms with Crippen molar-refractivity contribution in [3.05, 3.63) is 65.2 Å². The third-order valence-corrected chi connectivity index (χ3v) is 4.87. The molecule has 3 aromatic rings. The molecule has 0 aliphatic heterocycles. The van der Waals surface area contributed by atoms with Gasteiger partial charge >= 0.3 is 0 Å². The number of thioether (sulfide) groups is 1. The van der Waals surface area contributed by atoms with Gasteiger partial charge < -0.3 is 9.84 Å². The first-order valence-electron chi connectivity index (χ1n) is 8.22. The molecule has 0 fully saturated rings. The monoisotopic (exact) mass is 392 g/mol. The largest absolute Gasteiger partial charge is 0.394 e. The van der Waals surface area contributed by atoms with E-state index in [1.54, 1.807) is 12.1 Å². The van der Waals surface area contributed by atoms with Gasteiger partial charge in [0, 0.05) is 22.6 Å². The Balaban J connectivity index is 2.04. The molecule has 3 rings (SSSR count). The lowest BCUT2D eigenvalue weighted by Gasteiger charge is -2.14. The Morgan fingerprint density at radius 2 is 2.11 bits per heavy atom. The van der Waals surface area contributed by atoms with Crippen LogP contribution in [-0.4, -0.2) is 46.4 Å². The van der Waals surface area contributed by atoms with E-state index in [0.29, 0.717) is 11.3 Å². The molecule has 2 heterocycles. The smallest absolute Gasteiger partial charge is 0.190 e. The van der Waals surface area contributed by atoms with E-state index in [0.717, 1.165) is 11.0 Å². The van der Waals surface area contributed by atoms with Crippen LogP contribution in [0.1, 0.15) is 21.6 Å². The molecule has 5 nitrogen and oxygen atoms in total. The van der Waals surface area contributed by atoms with E-state index in [1.807, 2.05) is 6.26 Å². The normalized spacial score (nSPS) is 11.3. The maximum atomic E-state index is 14.5. The number of carbonyl (C=O) groups is 1. The Labute approximate surface area is 159 Å². The molecule has 8 heteroatoms. The van der Waals surface area contributed by atoms with Gasteiger partial charge in [-0.3, -0.25) is 9.20 Å². The lowest BCUT2D eigenvalue weighted by atomic mass is 10.0. The molecule has 0 spiro atoms. The van der Waals surface area contributed by atoms with Crippen LogP contribution in [0, 0.1) is 11.6 Å². The van der Waals surface area contributed by atoms with E-state index < -0.39 is 17.4 Å². The third-order valence-electron chi connectivity index (χ3n) is 4.14. The molecule has 0 aliphatic carbocycles. The minimum Gasteiger partial charge on any atom is -0.394 e. The number of imidazole rings is 1. The average molecular weight is 392 g/mol. The van der Waals surface area contributed by atoms with Crippen LogP contribution in [0.3, 0.4) is 0 Å². The maximum absolute atomic E-state index is 14.5. The molecular formula is C19H18F2N2O3S. The van der Waals surface area contributed by atoms with Crippen molar-refractivity contribution in [2.45, 2.75) is 11.3 Å². The minimum atomic E-state index is -0.597. The second kappa shape index (κ2) is 8.60. The summed E-state index contributed by atoms with van der Waals surface area (Å²) in [5, 5.41) is 8.78. The lowest BCUT2D eigenvalue weighted by molar-refractivity contribution is 0.0662. The molecule has 0 unspecified atom stereocenters. The molecule has 1 aromatic carbocycles. The van der Waals surface area contributed by atoms with Crippen LogP contribution < -0.4 is 0 Å². The van der Waals surface area contributed by atoms with Gasteiger partial charge in [0.25, 0.3) is 0 Å². The standard InChI is InChI=1S/C19H18F2N2O3S/c1-27-13-3-2-12(15(20)7-13)6-17-14(19(25)10-26-5-4-24)8-16(21)18-9-22-11-23(17)18/h2-3,7-9,11,24H,4-6,10H2,1H3. The molecule has 0 radical (unpaired) electrons.